The number of halogens is 1. The molecule has 5 rings (SSSR count). The largest absolute Gasteiger partial charge is 0.508 e. The molecule has 1 aliphatic rings. The van der Waals surface area contributed by atoms with E-state index in [-0.39, 0.29) is 12.2 Å². The van der Waals surface area contributed by atoms with Gasteiger partial charge >= 0.3 is 6.03 Å². The molecule has 1 heterocycles. The van der Waals surface area contributed by atoms with Crippen LogP contribution in [0, 0.1) is 0 Å². The number of carbonyl (C=O) groups is 3. The average molecular weight is 540 g/mol. The molecule has 39 heavy (non-hydrogen) atoms. The second kappa shape index (κ2) is 11.4. The van der Waals surface area contributed by atoms with Crippen LogP contribution in [0.5, 0.6) is 5.75 Å². The summed E-state index contributed by atoms with van der Waals surface area (Å²) in [4.78, 5) is 41.0. The molecule has 4 amide bonds. The molecule has 1 saturated heterocycles. The predicted molar refractivity (Wildman–Crippen MR) is 150 cm³/mol. The van der Waals surface area contributed by atoms with Crippen LogP contribution < -0.4 is 10.6 Å². The van der Waals surface area contributed by atoms with Gasteiger partial charge < -0.3 is 15.7 Å². The quantitative estimate of drug-likeness (QED) is 0.205. The second-order valence-electron chi connectivity index (χ2n) is 9.36. The molecule has 3 N–H and O–H groups in total. The number of benzene rings is 4. The van der Waals surface area contributed by atoms with Gasteiger partial charge in [0.15, 0.2) is 0 Å². The number of aromatic hydroxyl groups is 1. The van der Waals surface area contributed by atoms with Crippen molar-refractivity contribution in [1.82, 2.24) is 10.2 Å². The van der Waals surface area contributed by atoms with E-state index in [0.717, 1.165) is 27.2 Å². The van der Waals surface area contributed by atoms with Crippen LogP contribution in [0.2, 0.25) is 5.02 Å². The van der Waals surface area contributed by atoms with E-state index in [9.17, 15) is 19.5 Å². The molecule has 7 nitrogen and oxygen atoms in total. The number of phenols is 1. The molecule has 1 fully saturated rings. The topological polar surface area (TPSA) is 98.7 Å². The minimum Gasteiger partial charge on any atom is -0.508 e. The Bertz CT molecular complexity index is 1470. The van der Waals surface area contributed by atoms with Gasteiger partial charge in [-0.3, -0.25) is 9.59 Å². The van der Waals surface area contributed by atoms with E-state index >= 15 is 0 Å². The summed E-state index contributed by atoms with van der Waals surface area (Å²) in [7, 11) is 0. The lowest BCUT2D eigenvalue weighted by molar-refractivity contribution is -0.134. The van der Waals surface area contributed by atoms with Gasteiger partial charge in [-0.25, -0.2) is 9.69 Å². The lowest BCUT2D eigenvalue weighted by atomic mass is 10.00. The molecule has 0 aliphatic carbocycles. The van der Waals surface area contributed by atoms with E-state index in [1.165, 1.54) is 12.1 Å². The number of phenolic OH excluding ortho intramolecular Hbond substituents is 1. The third kappa shape index (κ3) is 6.10. The van der Waals surface area contributed by atoms with E-state index in [4.69, 9.17) is 11.6 Å². The van der Waals surface area contributed by atoms with E-state index in [1.54, 1.807) is 12.1 Å². The van der Waals surface area contributed by atoms with E-state index in [1.807, 2.05) is 78.9 Å². The monoisotopic (exact) mass is 539 g/mol. The zero-order valence-electron chi connectivity index (χ0n) is 20.9. The van der Waals surface area contributed by atoms with Crippen LogP contribution >= 0.6 is 11.6 Å². The SMILES string of the molecule is O=C(Nc1ccc(O)cc1)[C@H](Cc1ccccc1)N1C(=O)N[C@@H](Cc2ccc(-c3ccc(Cl)cc3)cc2)C1=O. The Labute approximate surface area is 231 Å². The van der Waals surface area contributed by atoms with Gasteiger partial charge in [-0.05, 0) is 58.7 Å². The Kier molecular flexibility index (Phi) is 7.61. The van der Waals surface area contributed by atoms with Gasteiger partial charge in [0.2, 0.25) is 5.91 Å². The number of nitrogens with zero attached hydrogens (tertiary/aromatic N) is 1. The maximum absolute atomic E-state index is 13.5. The molecule has 0 aromatic heterocycles. The zero-order chi connectivity index (χ0) is 27.4. The maximum Gasteiger partial charge on any atom is 0.325 e. The number of urea groups is 1. The first-order chi connectivity index (χ1) is 18.9. The Morgan fingerprint density at radius 2 is 1.46 bits per heavy atom. The normalized spacial score (nSPS) is 15.6. The summed E-state index contributed by atoms with van der Waals surface area (Å²) in [6.45, 7) is 0. The van der Waals surface area contributed by atoms with E-state index < -0.39 is 29.9 Å². The van der Waals surface area contributed by atoms with Crippen LogP contribution in [-0.4, -0.2) is 39.9 Å². The molecule has 4 aromatic rings. The van der Waals surface area contributed by atoms with Crippen molar-refractivity contribution >= 4 is 35.1 Å². The van der Waals surface area contributed by atoms with E-state index in [0.29, 0.717) is 17.1 Å². The minimum atomic E-state index is -1.06. The first kappa shape index (κ1) is 26.0. The predicted octanol–water partition coefficient (Wildman–Crippen LogP) is 5.43. The number of carbonyl (C=O) groups excluding carboxylic acids is 3. The first-order valence-electron chi connectivity index (χ1n) is 12.5. The number of hydrogen-bond donors (Lipinski definition) is 3. The fraction of sp³-hybridized carbons (Fsp3) is 0.129. The van der Waals surface area contributed by atoms with Gasteiger partial charge in [0.05, 0.1) is 0 Å². The summed E-state index contributed by atoms with van der Waals surface area (Å²) in [6, 6.07) is 28.1. The summed E-state index contributed by atoms with van der Waals surface area (Å²) < 4.78 is 0. The molecule has 0 saturated carbocycles. The molecule has 0 bridgehead atoms. The molecule has 196 valence electrons. The Balaban J connectivity index is 1.33. The highest BCUT2D eigenvalue weighted by atomic mass is 35.5. The molecule has 8 heteroatoms. The smallest absolute Gasteiger partial charge is 0.325 e. The standard InChI is InChI=1S/C31H26ClN3O4/c32-24-12-10-23(11-13-24)22-8-6-21(7-9-22)18-27-30(38)35(31(39)34-27)28(19-20-4-2-1-3-5-20)29(37)33-25-14-16-26(36)17-15-25/h1-17,27-28,36H,18-19H2,(H,33,37)(H,34,39)/t27-,28-/m0/s1. The number of imide groups is 1. The lowest BCUT2D eigenvalue weighted by Gasteiger charge is -2.25. The van der Waals surface area contributed by atoms with Gasteiger partial charge in [0.1, 0.15) is 17.8 Å². The Morgan fingerprint density at radius 3 is 2.10 bits per heavy atom. The van der Waals surface area contributed by atoms with E-state index in [2.05, 4.69) is 10.6 Å². The van der Waals surface area contributed by atoms with Crippen molar-refractivity contribution in [2.45, 2.75) is 24.9 Å². The molecule has 0 radical (unpaired) electrons. The lowest BCUT2D eigenvalue weighted by Crippen LogP contribution is -2.49. The van der Waals surface area contributed by atoms with Crippen LogP contribution in [0.4, 0.5) is 10.5 Å². The summed E-state index contributed by atoms with van der Waals surface area (Å²) in [5.41, 5.74) is 4.16. The number of rotatable bonds is 8. The Hall–Kier alpha value is -4.62. The Morgan fingerprint density at radius 1 is 0.846 bits per heavy atom. The molecule has 2 atom stereocenters. The highest BCUT2D eigenvalue weighted by molar-refractivity contribution is 6.30. The molecule has 0 spiro atoms. The fourth-order valence-electron chi connectivity index (χ4n) is 4.60. The summed E-state index contributed by atoms with van der Waals surface area (Å²) in [6.07, 6.45) is 0.450. The summed E-state index contributed by atoms with van der Waals surface area (Å²) >= 11 is 5.99. The molecule has 4 aromatic carbocycles. The number of amides is 4. The van der Waals surface area contributed by atoms with Crippen molar-refractivity contribution in [1.29, 1.82) is 0 Å². The van der Waals surface area contributed by atoms with Crippen molar-refractivity contribution in [3.05, 3.63) is 119 Å². The highest BCUT2D eigenvalue weighted by Crippen LogP contribution is 2.24. The van der Waals surface area contributed by atoms with Gasteiger partial charge in [-0.15, -0.1) is 0 Å². The summed E-state index contributed by atoms with van der Waals surface area (Å²) in [5.74, 6) is -0.892. The van der Waals surface area contributed by atoms with Gasteiger partial charge in [0.25, 0.3) is 5.91 Å². The third-order valence-corrected chi connectivity index (χ3v) is 6.90. The third-order valence-electron chi connectivity index (χ3n) is 6.64. The fourth-order valence-corrected chi connectivity index (χ4v) is 4.73. The highest BCUT2D eigenvalue weighted by Gasteiger charge is 2.44. The zero-order valence-corrected chi connectivity index (χ0v) is 21.6. The minimum absolute atomic E-state index is 0.0620. The van der Waals surface area contributed by atoms with Crippen molar-refractivity contribution in [2.24, 2.45) is 0 Å². The molecule has 0 unspecified atom stereocenters. The summed E-state index contributed by atoms with van der Waals surface area (Å²) in [5, 5.41) is 15.7. The van der Waals surface area contributed by atoms with Crippen molar-refractivity contribution in [2.75, 3.05) is 5.32 Å². The van der Waals surface area contributed by atoms with Gasteiger partial charge in [-0.1, -0.05) is 78.3 Å². The van der Waals surface area contributed by atoms with Gasteiger partial charge in [-0.2, -0.15) is 0 Å². The van der Waals surface area contributed by atoms with Crippen LogP contribution in [0.25, 0.3) is 11.1 Å². The number of hydrogen-bond acceptors (Lipinski definition) is 4. The second-order valence-corrected chi connectivity index (χ2v) is 9.80. The molecule has 1 aliphatic heterocycles. The maximum atomic E-state index is 13.5. The van der Waals surface area contributed by atoms with Gasteiger partial charge in [0, 0.05) is 23.6 Å². The number of anilines is 1. The molecular formula is C31H26ClN3O4. The first-order valence-corrected chi connectivity index (χ1v) is 12.9. The number of nitrogens with one attached hydrogen (secondary N) is 2. The van der Waals surface area contributed by atoms with Crippen LogP contribution in [-0.2, 0) is 22.4 Å². The van der Waals surface area contributed by atoms with Crippen LogP contribution in [0.3, 0.4) is 0 Å². The van der Waals surface area contributed by atoms with Crippen molar-refractivity contribution < 1.29 is 19.5 Å². The average Bonchev–Trinajstić information content (AvgIpc) is 3.22. The van der Waals surface area contributed by atoms with Crippen molar-refractivity contribution in [3.8, 4) is 16.9 Å². The van der Waals surface area contributed by atoms with Crippen LogP contribution in [0.1, 0.15) is 11.1 Å². The van der Waals surface area contributed by atoms with Crippen molar-refractivity contribution in [3.63, 3.8) is 0 Å². The molecular weight excluding hydrogens is 514 g/mol. The van der Waals surface area contributed by atoms with Crippen LogP contribution in [0.15, 0.2) is 103 Å².